The smallest absolute Gasteiger partial charge is 0.408 e. The third kappa shape index (κ3) is 8.33. The molecule has 0 aliphatic heterocycles. The van der Waals surface area contributed by atoms with Crippen molar-refractivity contribution in [1.82, 2.24) is 10.2 Å². The van der Waals surface area contributed by atoms with Gasteiger partial charge in [-0.25, -0.2) is 4.79 Å². The Morgan fingerprint density at radius 1 is 0.900 bits per heavy atom. The van der Waals surface area contributed by atoms with Gasteiger partial charge in [0.2, 0.25) is 5.91 Å². The molecule has 3 amide bonds. The van der Waals surface area contributed by atoms with Gasteiger partial charge in [0.25, 0.3) is 5.91 Å². The van der Waals surface area contributed by atoms with Crippen molar-refractivity contribution in [3.63, 3.8) is 0 Å². The van der Waals surface area contributed by atoms with Crippen LogP contribution in [0.15, 0.2) is 36.4 Å². The predicted molar refractivity (Wildman–Crippen MR) is 162 cm³/mol. The van der Waals surface area contributed by atoms with E-state index in [0.717, 1.165) is 33.5 Å². The van der Waals surface area contributed by atoms with Crippen LogP contribution in [-0.4, -0.2) is 40.0 Å². The van der Waals surface area contributed by atoms with Crippen molar-refractivity contribution in [3.05, 3.63) is 64.2 Å². The zero-order valence-corrected chi connectivity index (χ0v) is 26.5. The van der Waals surface area contributed by atoms with E-state index in [1.807, 2.05) is 98.7 Å². The number of hydrogen-bond acceptors (Lipinski definition) is 4. The van der Waals surface area contributed by atoms with Crippen molar-refractivity contribution >= 4 is 23.6 Å². The van der Waals surface area contributed by atoms with E-state index in [2.05, 4.69) is 10.6 Å². The molecular formula is C33H49N3O4. The van der Waals surface area contributed by atoms with Crippen LogP contribution in [0.1, 0.15) is 95.7 Å². The van der Waals surface area contributed by atoms with E-state index in [1.54, 1.807) is 25.7 Å². The summed E-state index contributed by atoms with van der Waals surface area (Å²) in [4.78, 5) is 43.4. The van der Waals surface area contributed by atoms with Crippen molar-refractivity contribution in [3.8, 4) is 0 Å². The summed E-state index contributed by atoms with van der Waals surface area (Å²) in [7, 11) is 0. The maximum Gasteiger partial charge on any atom is 0.408 e. The number of nitrogens with zero attached hydrogens (tertiary/aromatic N) is 1. The number of rotatable bonds is 9. The molecular weight excluding hydrogens is 502 g/mol. The Kier molecular flexibility index (Phi) is 10.6. The Morgan fingerprint density at radius 2 is 1.43 bits per heavy atom. The highest BCUT2D eigenvalue weighted by Gasteiger charge is 2.44. The molecule has 40 heavy (non-hydrogen) atoms. The molecule has 0 spiro atoms. The van der Waals surface area contributed by atoms with Crippen LogP contribution in [0.3, 0.4) is 0 Å². The maximum absolute atomic E-state index is 14.5. The van der Waals surface area contributed by atoms with Gasteiger partial charge in [0.05, 0.1) is 0 Å². The van der Waals surface area contributed by atoms with Gasteiger partial charge >= 0.3 is 6.09 Å². The van der Waals surface area contributed by atoms with Crippen molar-refractivity contribution < 1.29 is 19.1 Å². The quantitative estimate of drug-likeness (QED) is 0.346. The van der Waals surface area contributed by atoms with E-state index in [0.29, 0.717) is 6.42 Å². The average molecular weight is 552 g/mol. The first kappa shape index (κ1) is 32.9. The molecule has 0 bridgehead atoms. The Balaban J connectivity index is 2.72. The number of carbonyl (C=O) groups is 3. The zero-order chi connectivity index (χ0) is 30.6. The molecule has 0 saturated carbocycles. The number of anilines is 1. The van der Waals surface area contributed by atoms with Crippen LogP contribution in [0.5, 0.6) is 0 Å². The van der Waals surface area contributed by atoms with Crippen molar-refractivity contribution in [2.24, 2.45) is 5.92 Å². The Hall–Kier alpha value is -3.35. The average Bonchev–Trinajstić information content (AvgIpc) is 2.80. The molecule has 2 aromatic rings. The van der Waals surface area contributed by atoms with Crippen LogP contribution in [-0.2, 0) is 14.3 Å². The second-order valence-corrected chi connectivity index (χ2v) is 12.8. The molecule has 7 nitrogen and oxygen atoms in total. The van der Waals surface area contributed by atoms with Gasteiger partial charge in [-0.2, -0.15) is 0 Å². The van der Waals surface area contributed by atoms with Crippen LogP contribution >= 0.6 is 0 Å². The summed E-state index contributed by atoms with van der Waals surface area (Å²) in [5, 5.41) is 5.94. The molecule has 2 aromatic carbocycles. The van der Waals surface area contributed by atoms with Crippen molar-refractivity contribution in [1.29, 1.82) is 0 Å². The molecule has 0 aliphatic rings. The zero-order valence-electron chi connectivity index (χ0n) is 26.5. The topological polar surface area (TPSA) is 87.7 Å². The molecule has 0 aromatic heterocycles. The molecule has 2 rings (SSSR count). The second-order valence-electron chi connectivity index (χ2n) is 12.8. The van der Waals surface area contributed by atoms with Crippen molar-refractivity contribution in [2.45, 2.75) is 113 Å². The van der Waals surface area contributed by atoms with Crippen LogP contribution in [0.4, 0.5) is 10.5 Å². The Morgan fingerprint density at radius 3 is 1.88 bits per heavy atom. The Bertz CT molecular complexity index is 1190. The first-order chi connectivity index (χ1) is 18.4. The number of alkyl carbamates (subject to hydrolysis) is 1. The fourth-order valence-corrected chi connectivity index (χ4v) is 4.83. The lowest BCUT2D eigenvalue weighted by atomic mass is 9.89. The highest BCUT2D eigenvalue weighted by molar-refractivity contribution is 6.00. The SMILES string of the molecule is CCC(C)(C)N(C(=O)C(NC(=O)OC(C)(C)C)C(C)C)C(C(=O)Nc1c(C)cccc1C)c1cc(C)cc(C)c1. The summed E-state index contributed by atoms with van der Waals surface area (Å²) in [6.45, 7) is 22.9. The lowest BCUT2D eigenvalue weighted by molar-refractivity contribution is -0.148. The summed E-state index contributed by atoms with van der Waals surface area (Å²) in [6, 6.07) is 9.97. The first-order valence-electron chi connectivity index (χ1n) is 14.2. The van der Waals surface area contributed by atoms with Crippen molar-refractivity contribution in [2.75, 3.05) is 5.32 Å². The highest BCUT2D eigenvalue weighted by Crippen LogP contribution is 2.35. The molecule has 0 fully saturated rings. The number of nitrogens with one attached hydrogen (secondary N) is 2. The minimum Gasteiger partial charge on any atom is -0.444 e. The summed E-state index contributed by atoms with van der Waals surface area (Å²) in [5.74, 6) is -0.901. The van der Waals surface area contributed by atoms with Crippen LogP contribution in [0.25, 0.3) is 0 Å². The normalized spacial score (nSPS) is 13.4. The monoisotopic (exact) mass is 551 g/mol. The predicted octanol–water partition coefficient (Wildman–Crippen LogP) is 7.17. The molecule has 7 heteroatoms. The molecule has 2 N–H and O–H groups in total. The van der Waals surface area contributed by atoms with Crippen LogP contribution < -0.4 is 10.6 Å². The molecule has 2 unspecified atom stereocenters. The lowest BCUT2D eigenvalue weighted by Gasteiger charge is -2.45. The van der Waals surface area contributed by atoms with Crippen LogP contribution in [0.2, 0.25) is 0 Å². The molecule has 0 saturated heterocycles. The molecule has 0 radical (unpaired) electrons. The minimum atomic E-state index is -0.943. The Labute approximate surface area is 241 Å². The van der Waals surface area contributed by atoms with Gasteiger partial charge in [0, 0.05) is 11.2 Å². The number of aryl methyl sites for hydroxylation is 4. The summed E-state index contributed by atoms with van der Waals surface area (Å²) < 4.78 is 5.49. The van der Waals surface area contributed by atoms with Crippen LogP contribution in [0, 0.1) is 33.6 Å². The highest BCUT2D eigenvalue weighted by atomic mass is 16.6. The fraction of sp³-hybridized carbons (Fsp3) is 0.545. The third-order valence-corrected chi connectivity index (χ3v) is 7.16. The van der Waals surface area contributed by atoms with E-state index in [9.17, 15) is 14.4 Å². The van der Waals surface area contributed by atoms with Gasteiger partial charge in [0.15, 0.2) is 0 Å². The van der Waals surface area contributed by atoms with Gasteiger partial charge in [0.1, 0.15) is 17.7 Å². The molecule has 0 aliphatic carbocycles. The van der Waals surface area contributed by atoms with Gasteiger partial charge in [-0.15, -0.1) is 0 Å². The summed E-state index contributed by atoms with van der Waals surface area (Å²) >= 11 is 0. The second kappa shape index (κ2) is 12.9. The van der Waals surface area contributed by atoms with Gasteiger partial charge in [-0.1, -0.05) is 68.3 Å². The molecule has 2 atom stereocenters. The van der Waals surface area contributed by atoms with E-state index in [1.165, 1.54) is 0 Å². The van der Waals surface area contributed by atoms with E-state index >= 15 is 0 Å². The lowest BCUT2D eigenvalue weighted by Crippen LogP contribution is -2.60. The number of hydrogen-bond donors (Lipinski definition) is 2. The number of carbonyl (C=O) groups excluding carboxylic acids is 3. The summed E-state index contributed by atoms with van der Waals surface area (Å²) in [6.07, 6.45) is -0.0785. The number of para-hydroxylation sites is 1. The van der Waals surface area contributed by atoms with Gasteiger partial charge < -0.3 is 20.3 Å². The van der Waals surface area contributed by atoms with E-state index < -0.39 is 29.3 Å². The molecule has 220 valence electrons. The number of benzene rings is 2. The largest absolute Gasteiger partial charge is 0.444 e. The summed E-state index contributed by atoms with van der Waals surface area (Å²) in [5.41, 5.74) is 3.87. The molecule has 0 heterocycles. The van der Waals surface area contributed by atoms with Gasteiger partial charge in [-0.05, 0) is 91.3 Å². The minimum absolute atomic E-state index is 0.253. The van der Waals surface area contributed by atoms with E-state index in [4.69, 9.17) is 4.74 Å². The standard InChI is InChI=1S/C33H49N3O4/c1-13-33(11,12)36(30(38)26(20(2)3)35-31(39)40-32(8,9)10)28(25-18-21(4)17-22(5)19-25)29(37)34-27-23(6)15-14-16-24(27)7/h14-20,26,28H,13H2,1-12H3,(H,34,37)(H,35,39). The third-order valence-electron chi connectivity index (χ3n) is 7.16. The van der Waals surface area contributed by atoms with Gasteiger partial charge in [-0.3, -0.25) is 9.59 Å². The maximum atomic E-state index is 14.5. The van der Waals surface area contributed by atoms with E-state index in [-0.39, 0.29) is 17.7 Å². The number of ether oxygens (including phenoxy) is 1. The fourth-order valence-electron chi connectivity index (χ4n) is 4.83. The first-order valence-corrected chi connectivity index (χ1v) is 14.2. The number of amides is 3.